The second kappa shape index (κ2) is 9.71. The number of benzene rings is 1. The van der Waals surface area contributed by atoms with Gasteiger partial charge in [-0.2, -0.15) is 5.10 Å². The molecule has 6 nitrogen and oxygen atoms in total. The molecule has 0 aliphatic rings. The Bertz CT molecular complexity index is 1620. The number of likely N-dealkylation sites (N-methyl/N-ethyl adjacent to an activating group) is 1. The first-order chi connectivity index (χ1) is 17.5. The van der Waals surface area contributed by atoms with E-state index in [1.807, 2.05) is 51.4 Å². The Labute approximate surface area is 208 Å². The average molecular weight is 479 g/mol. The Morgan fingerprint density at radius 2 is 1.92 bits per heavy atom. The van der Waals surface area contributed by atoms with E-state index < -0.39 is 0 Å². The molecule has 0 bridgehead atoms. The molecule has 0 atom stereocenters. The van der Waals surface area contributed by atoms with E-state index in [0.717, 1.165) is 62.3 Å². The number of allylic oxidation sites excluding steroid dienone is 3. The molecule has 2 N–H and O–H groups in total. The van der Waals surface area contributed by atoms with Crippen LogP contribution in [0, 0.1) is 5.82 Å². The van der Waals surface area contributed by atoms with E-state index in [-0.39, 0.29) is 5.82 Å². The number of hydrogen-bond donors (Lipinski definition) is 2. The van der Waals surface area contributed by atoms with Crippen molar-refractivity contribution < 1.29 is 4.39 Å². The van der Waals surface area contributed by atoms with E-state index >= 15 is 0 Å². The summed E-state index contributed by atoms with van der Waals surface area (Å²) < 4.78 is 13.5. The maximum Gasteiger partial charge on any atom is 0.138 e. The van der Waals surface area contributed by atoms with Gasteiger partial charge in [-0.15, -0.1) is 0 Å². The van der Waals surface area contributed by atoms with Crippen LogP contribution in [0.1, 0.15) is 12.6 Å². The van der Waals surface area contributed by atoms with Crippen LogP contribution >= 0.6 is 0 Å². The fourth-order valence-corrected chi connectivity index (χ4v) is 4.32. The van der Waals surface area contributed by atoms with E-state index in [1.54, 1.807) is 18.3 Å². The van der Waals surface area contributed by atoms with Crippen molar-refractivity contribution in [2.24, 2.45) is 0 Å². The number of nitrogens with one attached hydrogen (secondary N) is 2. The highest BCUT2D eigenvalue weighted by Gasteiger charge is 2.16. The smallest absolute Gasteiger partial charge is 0.138 e. The number of fused-ring (bicyclic) bond motifs is 2. The van der Waals surface area contributed by atoms with E-state index in [4.69, 9.17) is 4.98 Å². The molecule has 0 spiro atoms. The molecule has 0 unspecified atom stereocenters. The summed E-state index contributed by atoms with van der Waals surface area (Å²) in [6, 6.07) is 14.4. The molecule has 4 aromatic heterocycles. The van der Waals surface area contributed by atoms with E-state index in [1.165, 1.54) is 12.1 Å². The molecule has 0 fully saturated rings. The normalized spacial score (nSPS) is 12.7. The number of H-pyrrole nitrogens is 2. The van der Waals surface area contributed by atoms with E-state index in [0.29, 0.717) is 5.69 Å². The van der Waals surface area contributed by atoms with Crippen molar-refractivity contribution in [3.63, 3.8) is 0 Å². The van der Waals surface area contributed by atoms with Gasteiger partial charge in [0.2, 0.25) is 0 Å². The molecule has 0 aliphatic carbocycles. The van der Waals surface area contributed by atoms with Crippen molar-refractivity contribution in [3.8, 4) is 22.5 Å². The lowest BCUT2D eigenvalue weighted by Gasteiger charge is -2.11. The number of aromatic amines is 2. The van der Waals surface area contributed by atoms with Gasteiger partial charge in [-0.25, -0.2) is 14.4 Å². The number of hydrogen-bond acceptors (Lipinski definition) is 4. The highest BCUT2D eigenvalue weighted by molar-refractivity contribution is 5.99. The van der Waals surface area contributed by atoms with Crippen LogP contribution in [-0.4, -0.2) is 50.7 Å². The molecule has 180 valence electrons. The van der Waals surface area contributed by atoms with E-state index in [2.05, 4.69) is 43.8 Å². The topological polar surface area (TPSA) is 73.5 Å². The van der Waals surface area contributed by atoms with Gasteiger partial charge in [0, 0.05) is 18.1 Å². The quantitative estimate of drug-likeness (QED) is 0.266. The van der Waals surface area contributed by atoms with Crippen molar-refractivity contribution in [2.75, 3.05) is 20.6 Å². The van der Waals surface area contributed by atoms with Crippen molar-refractivity contribution in [1.82, 2.24) is 30.0 Å². The van der Waals surface area contributed by atoms with Crippen LogP contribution in [0.15, 0.2) is 85.1 Å². The van der Waals surface area contributed by atoms with Gasteiger partial charge >= 0.3 is 0 Å². The summed E-state index contributed by atoms with van der Waals surface area (Å²) in [5.41, 5.74) is 8.72. The molecule has 0 radical (unpaired) electrons. The Morgan fingerprint density at radius 1 is 1.11 bits per heavy atom. The number of nitrogens with zero attached hydrogens (tertiary/aromatic N) is 4. The van der Waals surface area contributed by atoms with Gasteiger partial charge in [-0.05, 0) is 85.8 Å². The Balaban J connectivity index is 1.58. The molecule has 0 saturated heterocycles. The van der Waals surface area contributed by atoms with Gasteiger partial charge in [-0.3, -0.25) is 5.10 Å². The molecule has 0 amide bonds. The van der Waals surface area contributed by atoms with Crippen LogP contribution in [-0.2, 0) is 0 Å². The predicted molar refractivity (Wildman–Crippen MR) is 145 cm³/mol. The largest absolute Gasteiger partial charge is 0.338 e. The van der Waals surface area contributed by atoms with Crippen molar-refractivity contribution in [1.29, 1.82) is 0 Å². The van der Waals surface area contributed by atoms with Crippen molar-refractivity contribution >= 4 is 27.6 Å². The lowest BCUT2D eigenvalue weighted by Crippen LogP contribution is -2.14. The van der Waals surface area contributed by atoms with Gasteiger partial charge in [-0.1, -0.05) is 30.9 Å². The van der Waals surface area contributed by atoms with Gasteiger partial charge in [0.1, 0.15) is 22.7 Å². The first-order valence-electron chi connectivity index (χ1n) is 11.7. The Hall–Kier alpha value is -4.36. The van der Waals surface area contributed by atoms with Gasteiger partial charge in [0.15, 0.2) is 0 Å². The van der Waals surface area contributed by atoms with Crippen LogP contribution in [0.5, 0.6) is 0 Å². The first-order valence-corrected chi connectivity index (χ1v) is 11.7. The summed E-state index contributed by atoms with van der Waals surface area (Å²) in [6.45, 7) is 6.75. The minimum atomic E-state index is -0.263. The van der Waals surface area contributed by atoms with Gasteiger partial charge in [0.05, 0.1) is 16.9 Å². The fraction of sp³-hybridized carbons (Fsp3) is 0.138. The number of rotatable bonds is 7. The van der Waals surface area contributed by atoms with Crippen LogP contribution < -0.4 is 0 Å². The molecule has 36 heavy (non-hydrogen) atoms. The molecule has 7 heteroatoms. The Morgan fingerprint density at radius 3 is 2.64 bits per heavy atom. The molecule has 4 heterocycles. The van der Waals surface area contributed by atoms with Gasteiger partial charge < -0.3 is 9.88 Å². The second-order valence-corrected chi connectivity index (χ2v) is 8.88. The maximum atomic E-state index is 13.5. The number of aromatic nitrogens is 5. The highest BCUT2D eigenvalue weighted by atomic mass is 19.1. The third-order valence-electron chi connectivity index (χ3n) is 6.06. The van der Waals surface area contributed by atoms with Crippen LogP contribution in [0.4, 0.5) is 4.39 Å². The van der Waals surface area contributed by atoms with E-state index in [9.17, 15) is 4.39 Å². The molecule has 0 aliphatic heterocycles. The van der Waals surface area contributed by atoms with Crippen molar-refractivity contribution in [2.45, 2.75) is 6.92 Å². The molecule has 5 aromatic rings. The summed E-state index contributed by atoms with van der Waals surface area (Å²) in [7, 11) is 4.07. The third kappa shape index (κ3) is 4.48. The molecule has 5 rings (SSSR count). The summed E-state index contributed by atoms with van der Waals surface area (Å²) >= 11 is 0. The minimum Gasteiger partial charge on any atom is -0.338 e. The molecular weight excluding hydrogens is 451 g/mol. The fourth-order valence-electron chi connectivity index (χ4n) is 4.32. The van der Waals surface area contributed by atoms with Crippen LogP contribution in [0.25, 0.3) is 50.2 Å². The summed E-state index contributed by atoms with van der Waals surface area (Å²) in [6.07, 6.45) is 7.79. The highest BCUT2D eigenvalue weighted by Crippen LogP contribution is 2.33. The average Bonchev–Trinajstić information content (AvgIpc) is 3.50. The second-order valence-electron chi connectivity index (χ2n) is 8.88. The zero-order chi connectivity index (χ0) is 25.2. The minimum absolute atomic E-state index is 0.263. The van der Waals surface area contributed by atoms with Crippen LogP contribution in [0.3, 0.4) is 0 Å². The number of pyridine rings is 2. The number of halogens is 1. The summed E-state index contributed by atoms with van der Waals surface area (Å²) in [5, 5.41) is 8.59. The zero-order valence-corrected chi connectivity index (χ0v) is 20.5. The monoisotopic (exact) mass is 478 g/mol. The Kier molecular flexibility index (Phi) is 6.31. The lowest BCUT2D eigenvalue weighted by atomic mass is 10.0. The molecule has 0 saturated carbocycles. The predicted octanol–water partition coefficient (Wildman–Crippen LogP) is 6.38. The van der Waals surface area contributed by atoms with Gasteiger partial charge in [0.25, 0.3) is 0 Å². The van der Waals surface area contributed by atoms with Crippen LogP contribution in [0.2, 0.25) is 0 Å². The molecule has 1 aromatic carbocycles. The SMILES string of the molecule is C=C/C(=C\C(=C/C)c1ccc2[nH]nc(-c3cc4c(-c5ccc(F)cc5)ccnc4[nH]3)c2n1)CN(C)C. The maximum absolute atomic E-state index is 13.5. The standard InChI is InChI=1S/C29H27FN6/c1-5-18(17-36(3)4)15-19(6-2)24-11-12-25-27(32-24)28(35-34-25)26-16-23-22(13-14-31-29(23)33-26)20-7-9-21(30)10-8-20/h5-16H,1,17H2,2-4H3,(H,31,33)(H,34,35)/b18-15+,19-6+. The third-order valence-corrected chi connectivity index (χ3v) is 6.06. The zero-order valence-electron chi connectivity index (χ0n) is 20.5. The first kappa shape index (κ1) is 23.4. The summed E-state index contributed by atoms with van der Waals surface area (Å²) in [4.78, 5) is 15.0. The summed E-state index contributed by atoms with van der Waals surface area (Å²) in [5.74, 6) is -0.263. The lowest BCUT2D eigenvalue weighted by molar-refractivity contribution is 0.449. The van der Waals surface area contributed by atoms with Crippen molar-refractivity contribution in [3.05, 3.63) is 96.6 Å². The molecular formula is C29H27FN6.